The Balaban J connectivity index is 0.00000289. The molecule has 0 aromatic heterocycles. The van der Waals surface area contributed by atoms with Gasteiger partial charge in [0.2, 0.25) is 11.8 Å². The molecule has 1 aromatic carbocycles. The van der Waals surface area contributed by atoms with Crippen molar-refractivity contribution >= 4 is 41.7 Å². The minimum absolute atomic E-state index is 0. The van der Waals surface area contributed by atoms with Crippen LogP contribution in [0.15, 0.2) is 29.2 Å². The normalized spacial score (nSPS) is 9.39. The molecular weight excluding hydrogens is 274 g/mol. The summed E-state index contributed by atoms with van der Waals surface area (Å²) >= 11 is 1.29. The maximum absolute atomic E-state index is 11.4. The number of hydrogen-bond donors (Lipinski definition) is 3. The maximum Gasteiger partial charge on any atom is 0.227 e. The Morgan fingerprint density at radius 1 is 1.28 bits per heavy atom. The number of halogens is 1. The predicted octanol–water partition coefficient (Wildman–Crippen LogP) is 0.973. The lowest BCUT2D eigenvalue weighted by Gasteiger charge is -2.09. The lowest BCUT2D eigenvalue weighted by molar-refractivity contribution is -0.116. The fourth-order valence-corrected chi connectivity index (χ4v) is 1.94. The monoisotopic (exact) mass is 289 g/mol. The summed E-state index contributed by atoms with van der Waals surface area (Å²) in [6, 6.07) is 7.25. The van der Waals surface area contributed by atoms with Gasteiger partial charge < -0.3 is 16.8 Å². The van der Waals surface area contributed by atoms with Crippen LogP contribution in [0.5, 0.6) is 0 Å². The number of thioether (sulfide) groups is 1. The van der Waals surface area contributed by atoms with Crippen LogP contribution in [0.2, 0.25) is 0 Å². The first-order valence-electron chi connectivity index (χ1n) is 5.13. The van der Waals surface area contributed by atoms with Gasteiger partial charge in [0.15, 0.2) is 0 Å². The molecule has 0 atom stereocenters. The Morgan fingerprint density at radius 3 is 2.56 bits per heavy atom. The zero-order chi connectivity index (χ0) is 12.7. The number of nitrogens with one attached hydrogen (secondary N) is 1. The molecule has 0 aliphatic rings. The van der Waals surface area contributed by atoms with E-state index in [2.05, 4.69) is 5.32 Å². The molecule has 0 spiro atoms. The number of carbonyl (C=O) groups is 2. The minimum Gasteiger partial charge on any atom is -0.369 e. The number of rotatable bonds is 6. The molecule has 5 N–H and O–H groups in total. The number of benzene rings is 1. The Hall–Kier alpha value is -1.24. The van der Waals surface area contributed by atoms with Crippen LogP contribution in [0.25, 0.3) is 0 Å². The number of primary amides is 1. The predicted molar refractivity (Wildman–Crippen MR) is 75.9 cm³/mol. The maximum atomic E-state index is 11.4. The van der Waals surface area contributed by atoms with Gasteiger partial charge in [-0.15, -0.1) is 24.2 Å². The quantitative estimate of drug-likeness (QED) is 0.680. The first-order chi connectivity index (χ1) is 8.13. The van der Waals surface area contributed by atoms with Gasteiger partial charge >= 0.3 is 0 Å². The van der Waals surface area contributed by atoms with Crippen molar-refractivity contribution < 1.29 is 9.59 Å². The van der Waals surface area contributed by atoms with Gasteiger partial charge in [-0.25, -0.2) is 0 Å². The van der Waals surface area contributed by atoms with E-state index in [9.17, 15) is 9.59 Å². The van der Waals surface area contributed by atoms with E-state index < -0.39 is 5.91 Å². The first kappa shape index (κ1) is 16.8. The third-order valence-corrected chi connectivity index (χ3v) is 3.00. The number of hydrogen-bond acceptors (Lipinski definition) is 4. The lowest BCUT2D eigenvalue weighted by atomic mass is 10.3. The van der Waals surface area contributed by atoms with Crippen molar-refractivity contribution in [3.63, 3.8) is 0 Å². The standard InChI is InChI=1S/C11H15N3O2S.ClH/c12-6-5-11(16)14-8-3-1-2-4-9(8)17-7-10(13)15;/h1-4H,5-7,12H2,(H2,13,15)(H,14,16);1H. The molecule has 0 heterocycles. The minimum atomic E-state index is -0.391. The molecule has 100 valence electrons. The van der Waals surface area contributed by atoms with Crippen LogP contribution in [0.3, 0.4) is 0 Å². The van der Waals surface area contributed by atoms with Crippen molar-refractivity contribution in [2.24, 2.45) is 11.5 Å². The summed E-state index contributed by atoms with van der Waals surface area (Å²) in [4.78, 5) is 22.9. The second-order valence-corrected chi connectivity index (χ2v) is 4.36. The van der Waals surface area contributed by atoms with Crippen LogP contribution in [0.4, 0.5) is 5.69 Å². The highest BCUT2D eigenvalue weighted by Crippen LogP contribution is 2.26. The van der Waals surface area contributed by atoms with Gasteiger partial charge in [-0.3, -0.25) is 9.59 Å². The van der Waals surface area contributed by atoms with Crippen molar-refractivity contribution in [2.45, 2.75) is 11.3 Å². The molecule has 18 heavy (non-hydrogen) atoms. The smallest absolute Gasteiger partial charge is 0.227 e. The van der Waals surface area contributed by atoms with Gasteiger partial charge in [0.05, 0.1) is 11.4 Å². The Labute approximate surface area is 116 Å². The van der Waals surface area contributed by atoms with Crippen LogP contribution < -0.4 is 16.8 Å². The van der Waals surface area contributed by atoms with Gasteiger partial charge in [-0.05, 0) is 12.1 Å². The van der Waals surface area contributed by atoms with Crippen LogP contribution in [0.1, 0.15) is 6.42 Å². The number of para-hydroxylation sites is 1. The molecule has 5 nitrogen and oxygen atoms in total. The topological polar surface area (TPSA) is 98.2 Å². The van der Waals surface area contributed by atoms with E-state index in [1.807, 2.05) is 18.2 Å². The summed E-state index contributed by atoms with van der Waals surface area (Å²) in [5, 5.41) is 2.74. The molecule has 0 unspecified atom stereocenters. The summed E-state index contributed by atoms with van der Waals surface area (Å²) in [7, 11) is 0. The van der Waals surface area contributed by atoms with Gasteiger partial charge in [-0.2, -0.15) is 0 Å². The molecule has 2 amide bonds. The van der Waals surface area contributed by atoms with Crippen molar-refractivity contribution in [1.82, 2.24) is 0 Å². The van der Waals surface area contributed by atoms with Crippen molar-refractivity contribution in [3.8, 4) is 0 Å². The largest absolute Gasteiger partial charge is 0.369 e. The fourth-order valence-electron chi connectivity index (χ4n) is 1.19. The second-order valence-electron chi connectivity index (χ2n) is 3.34. The van der Waals surface area contributed by atoms with Gasteiger partial charge in [0.25, 0.3) is 0 Å². The Kier molecular flexibility index (Phi) is 8.19. The molecule has 7 heteroatoms. The molecule has 0 saturated carbocycles. The zero-order valence-electron chi connectivity index (χ0n) is 9.72. The summed E-state index contributed by atoms with van der Waals surface area (Å²) in [5.41, 5.74) is 11.0. The van der Waals surface area contributed by atoms with Crippen LogP contribution >= 0.6 is 24.2 Å². The first-order valence-corrected chi connectivity index (χ1v) is 6.12. The average molecular weight is 290 g/mol. The number of amides is 2. The van der Waals surface area contributed by atoms with Gasteiger partial charge in [-0.1, -0.05) is 12.1 Å². The number of anilines is 1. The number of carbonyl (C=O) groups excluding carboxylic acids is 2. The molecule has 0 bridgehead atoms. The highest BCUT2D eigenvalue weighted by Gasteiger charge is 2.07. The van der Waals surface area contributed by atoms with Gasteiger partial charge in [0, 0.05) is 17.9 Å². The van der Waals surface area contributed by atoms with E-state index in [0.717, 1.165) is 4.90 Å². The molecule has 0 saturated heterocycles. The SMILES string of the molecule is Cl.NCCC(=O)Nc1ccccc1SCC(N)=O. The highest BCUT2D eigenvalue weighted by molar-refractivity contribution is 8.00. The molecule has 0 radical (unpaired) electrons. The van der Waals surface area contributed by atoms with E-state index in [1.54, 1.807) is 6.07 Å². The van der Waals surface area contributed by atoms with E-state index in [-0.39, 0.29) is 30.5 Å². The zero-order valence-corrected chi connectivity index (χ0v) is 11.4. The Morgan fingerprint density at radius 2 is 1.94 bits per heavy atom. The van der Waals surface area contributed by atoms with Crippen LogP contribution in [-0.2, 0) is 9.59 Å². The van der Waals surface area contributed by atoms with E-state index >= 15 is 0 Å². The molecular formula is C11H16ClN3O2S. The van der Waals surface area contributed by atoms with E-state index in [1.165, 1.54) is 11.8 Å². The van der Waals surface area contributed by atoms with Crippen LogP contribution in [-0.4, -0.2) is 24.1 Å². The summed E-state index contributed by atoms with van der Waals surface area (Å²) < 4.78 is 0. The lowest BCUT2D eigenvalue weighted by Crippen LogP contribution is -2.17. The van der Waals surface area contributed by atoms with Crippen molar-refractivity contribution in [3.05, 3.63) is 24.3 Å². The van der Waals surface area contributed by atoms with Crippen molar-refractivity contribution in [2.75, 3.05) is 17.6 Å². The third kappa shape index (κ3) is 5.90. The van der Waals surface area contributed by atoms with Gasteiger partial charge in [0.1, 0.15) is 0 Å². The van der Waals surface area contributed by atoms with Crippen molar-refractivity contribution in [1.29, 1.82) is 0 Å². The third-order valence-electron chi connectivity index (χ3n) is 1.90. The Bertz CT molecular complexity index is 415. The molecule has 0 aliphatic heterocycles. The molecule has 1 aromatic rings. The van der Waals surface area contributed by atoms with Crippen LogP contribution in [0, 0.1) is 0 Å². The summed E-state index contributed by atoms with van der Waals surface area (Å²) in [6.45, 7) is 0.308. The second kappa shape index (κ2) is 8.79. The number of nitrogens with two attached hydrogens (primary N) is 2. The summed E-state index contributed by atoms with van der Waals surface area (Å²) in [5.74, 6) is -0.346. The molecule has 0 fully saturated rings. The van der Waals surface area contributed by atoms with E-state index in [4.69, 9.17) is 11.5 Å². The fraction of sp³-hybridized carbons (Fsp3) is 0.273. The molecule has 1 rings (SSSR count). The summed E-state index contributed by atoms with van der Waals surface area (Å²) in [6.07, 6.45) is 0.273. The molecule has 0 aliphatic carbocycles. The highest BCUT2D eigenvalue weighted by atomic mass is 35.5. The van der Waals surface area contributed by atoms with E-state index in [0.29, 0.717) is 12.2 Å². The average Bonchev–Trinajstić information content (AvgIpc) is 2.28.